The molecule has 0 bridgehead atoms. The molecule has 0 aliphatic rings. The highest BCUT2D eigenvalue weighted by atomic mass is 35.5. The smallest absolute Gasteiger partial charge is 0.228 e. The van der Waals surface area contributed by atoms with Gasteiger partial charge in [0.1, 0.15) is 0 Å². The number of thiocarbonyl (C=S) groups is 1. The molecule has 0 atom stereocenters. The molecule has 1 rings (SSSR count). The number of carbonyl (C=O) groups excluding carboxylic acids is 1. The van der Waals surface area contributed by atoms with E-state index < -0.39 is 0 Å². The number of hydrogen-bond donors (Lipinski definition) is 2. The predicted octanol–water partition coefficient (Wildman–Crippen LogP) is 3.46. The molecule has 0 saturated carbocycles. The first kappa shape index (κ1) is 14.2. The number of benzene rings is 1. The first-order chi connectivity index (χ1) is 7.90. The van der Waals surface area contributed by atoms with Crippen molar-refractivity contribution in [3.8, 4) is 0 Å². The summed E-state index contributed by atoms with van der Waals surface area (Å²) in [5.74, 6) is -0.258. The van der Waals surface area contributed by atoms with Crippen molar-refractivity contribution >= 4 is 52.1 Å². The third-order valence-electron chi connectivity index (χ3n) is 1.94. The Hall–Kier alpha value is -0.840. The Kier molecular flexibility index (Phi) is 5.18. The Morgan fingerprint density at radius 1 is 1.29 bits per heavy atom. The van der Waals surface area contributed by atoms with Crippen LogP contribution in [0.3, 0.4) is 0 Å². The van der Waals surface area contributed by atoms with Crippen LogP contribution in [0, 0.1) is 5.92 Å². The SMILES string of the molecule is CC(C)C(=O)NC(=S)Nc1ccc(Cl)c(Cl)c1. The van der Waals surface area contributed by atoms with E-state index in [-0.39, 0.29) is 16.9 Å². The molecule has 6 heteroatoms. The van der Waals surface area contributed by atoms with Gasteiger partial charge in [-0.15, -0.1) is 0 Å². The second-order valence-electron chi connectivity index (χ2n) is 3.73. The second kappa shape index (κ2) is 6.19. The van der Waals surface area contributed by atoms with E-state index in [2.05, 4.69) is 10.6 Å². The van der Waals surface area contributed by atoms with E-state index in [0.717, 1.165) is 0 Å². The van der Waals surface area contributed by atoms with Gasteiger partial charge in [-0.2, -0.15) is 0 Å². The third kappa shape index (κ3) is 4.50. The minimum Gasteiger partial charge on any atom is -0.332 e. The van der Waals surface area contributed by atoms with Gasteiger partial charge >= 0.3 is 0 Å². The lowest BCUT2D eigenvalue weighted by Gasteiger charge is -2.11. The minimum atomic E-state index is -0.137. The van der Waals surface area contributed by atoms with Crippen LogP contribution >= 0.6 is 35.4 Å². The van der Waals surface area contributed by atoms with Crippen molar-refractivity contribution < 1.29 is 4.79 Å². The fourth-order valence-corrected chi connectivity index (χ4v) is 1.51. The number of halogens is 2. The minimum absolute atomic E-state index is 0.122. The van der Waals surface area contributed by atoms with Crippen molar-refractivity contribution in [1.82, 2.24) is 5.32 Å². The van der Waals surface area contributed by atoms with Crippen LogP contribution in [0.1, 0.15) is 13.8 Å². The van der Waals surface area contributed by atoms with Gasteiger partial charge in [-0.3, -0.25) is 4.79 Å². The largest absolute Gasteiger partial charge is 0.332 e. The molecule has 0 unspecified atom stereocenters. The molecule has 2 N–H and O–H groups in total. The van der Waals surface area contributed by atoms with Gasteiger partial charge < -0.3 is 10.6 Å². The third-order valence-corrected chi connectivity index (χ3v) is 2.88. The molecule has 17 heavy (non-hydrogen) atoms. The number of nitrogens with one attached hydrogen (secondary N) is 2. The molecule has 0 fully saturated rings. The van der Waals surface area contributed by atoms with Gasteiger partial charge in [-0.05, 0) is 30.4 Å². The maximum Gasteiger partial charge on any atom is 0.228 e. The molecule has 1 aromatic rings. The fraction of sp³-hybridized carbons (Fsp3) is 0.273. The zero-order valence-electron chi connectivity index (χ0n) is 9.38. The lowest BCUT2D eigenvalue weighted by Crippen LogP contribution is -2.36. The van der Waals surface area contributed by atoms with Gasteiger partial charge in [0, 0.05) is 11.6 Å². The van der Waals surface area contributed by atoms with Gasteiger partial charge in [0.15, 0.2) is 5.11 Å². The van der Waals surface area contributed by atoms with E-state index in [9.17, 15) is 4.79 Å². The first-order valence-corrected chi connectivity index (χ1v) is 6.13. The van der Waals surface area contributed by atoms with Crippen LogP contribution in [0.15, 0.2) is 18.2 Å². The normalized spacial score (nSPS) is 10.2. The molecule has 1 aromatic carbocycles. The van der Waals surface area contributed by atoms with Crippen molar-refractivity contribution in [2.45, 2.75) is 13.8 Å². The monoisotopic (exact) mass is 290 g/mol. The standard InChI is InChI=1S/C11H12Cl2N2OS/c1-6(2)10(16)15-11(17)14-7-3-4-8(12)9(13)5-7/h3-6H,1-2H3,(H2,14,15,16,17). The molecule has 0 heterocycles. The van der Waals surface area contributed by atoms with E-state index in [1.165, 1.54) is 0 Å². The Morgan fingerprint density at radius 3 is 2.47 bits per heavy atom. The van der Waals surface area contributed by atoms with Crippen molar-refractivity contribution in [2.24, 2.45) is 5.92 Å². The Bertz CT molecular complexity index is 449. The number of carbonyl (C=O) groups is 1. The summed E-state index contributed by atoms with van der Waals surface area (Å²) in [6.07, 6.45) is 0. The highest BCUT2D eigenvalue weighted by Crippen LogP contribution is 2.24. The summed E-state index contributed by atoms with van der Waals surface area (Å²) in [7, 11) is 0. The maximum atomic E-state index is 11.4. The maximum absolute atomic E-state index is 11.4. The van der Waals surface area contributed by atoms with E-state index in [0.29, 0.717) is 15.7 Å². The molecular weight excluding hydrogens is 279 g/mol. The average molecular weight is 291 g/mol. The molecule has 0 radical (unpaired) electrons. The lowest BCUT2D eigenvalue weighted by molar-refractivity contribution is -0.122. The Morgan fingerprint density at radius 2 is 1.94 bits per heavy atom. The number of amides is 1. The molecule has 0 saturated heterocycles. The molecular formula is C11H12Cl2N2OS. The first-order valence-electron chi connectivity index (χ1n) is 4.97. The molecule has 3 nitrogen and oxygen atoms in total. The van der Waals surface area contributed by atoms with Crippen molar-refractivity contribution in [2.75, 3.05) is 5.32 Å². The Labute approximate surface area is 115 Å². The predicted molar refractivity (Wildman–Crippen MR) is 75.7 cm³/mol. The summed E-state index contributed by atoms with van der Waals surface area (Å²) in [6.45, 7) is 3.58. The van der Waals surface area contributed by atoms with Crippen molar-refractivity contribution in [1.29, 1.82) is 0 Å². The summed E-state index contributed by atoms with van der Waals surface area (Å²) in [6, 6.07) is 5.01. The van der Waals surface area contributed by atoms with Gasteiger partial charge in [0.2, 0.25) is 5.91 Å². The zero-order valence-corrected chi connectivity index (χ0v) is 11.7. The van der Waals surface area contributed by atoms with E-state index >= 15 is 0 Å². The molecule has 92 valence electrons. The number of anilines is 1. The molecule has 0 spiro atoms. The van der Waals surface area contributed by atoms with Gasteiger partial charge in [0.05, 0.1) is 10.0 Å². The topological polar surface area (TPSA) is 41.1 Å². The molecule has 0 aliphatic carbocycles. The highest BCUT2D eigenvalue weighted by Gasteiger charge is 2.09. The highest BCUT2D eigenvalue weighted by molar-refractivity contribution is 7.80. The van der Waals surface area contributed by atoms with E-state index in [1.54, 1.807) is 32.0 Å². The van der Waals surface area contributed by atoms with Crippen molar-refractivity contribution in [3.05, 3.63) is 28.2 Å². The van der Waals surface area contributed by atoms with E-state index in [1.807, 2.05) is 0 Å². The molecule has 0 aliphatic heterocycles. The van der Waals surface area contributed by atoms with E-state index in [4.69, 9.17) is 35.4 Å². The van der Waals surface area contributed by atoms with Crippen LogP contribution in [0.25, 0.3) is 0 Å². The van der Waals surface area contributed by atoms with Crippen LogP contribution in [-0.2, 0) is 4.79 Å². The van der Waals surface area contributed by atoms with Crippen LogP contribution in [0.4, 0.5) is 5.69 Å². The number of rotatable bonds is 2. The summed E-state index contributed by atoms with van der Waals surface area (Å²) in [5, 5.41) is 6.55. The van der Waals surface area contributed by atoms with Crippen molar-refractivity contribution in [3.63, 3.8) is 0 Å². The van der Waals surface area contributed by atoms with Crippen LogP contribution in [-0.4, -0.2) is 11.0 Å². The summed E-state index contributed by atoms with van der Waals surface area (Å²) < 4.78 is 0. The quantitative estimate of drug-likeness (QED) is 0.820. The molecule has 0 aromatic heterocycles. The number of hydrogen-bond acceptors (Lipinski definition) is 2. The summed E-state index contributed by atoms with van der Waals surface area (Å²) in [4.78, 5) is 11.4. The molecule has 1 amide bonds. The Balaban J connectivity index is 2.62. The van der Waals surface area contributed by atoms with Crippen LogP contribution < -0.4 is 10.6 Å². The van der Waals surface area contributed by atoms with Gasteiger partial charge in [0.25, 0.3) is 0 Å². The fourth-order valence-electron chi connectivity index (χ4n) is 0.992. The van der Waals surface area contributed by atoms with Gasteiger partial charge in [-0.25, -0.2) is 0 Å². The summed E-state index contributed by atoms with van der Waals surface area (Å²) >= 11 is 16.6. The van der Waals surface area contributed by atoms with Crippen LogP contribution in [0.5, 0.6) is 0 Å². The lowest BCUT2D eigenvalue weighted by atomic mass is 10.2. The summed E-state index contributed by atoms with van der Waals surface area (Å²) in [5.41, 5.74) is 0.674. The van der Waals surface area contributed by atoms with Gasteiger partial charge in [-0.1, -0.05) is 37.0 Å². The second-order valence-corrected chi connectivity index (χ2v) is 4.95. The average Bonchev–Trinajstić information content (AvgIpc) is 2.23. The zero-order chi connectivity index (χ0) is 13.0. The van der Waals surface area contributed by atoms with Crippen LogP contribution in [0.2, 0.25) is 10.0 Å².